The predicted octanol–water partition coefficient (Wildman–Crippen LogP) is 2.45. The molecule has 0 saturated heterocycles. The summed E-state index contributed by atoms with van der Waals surface area (Å²) in [5.41, 5.74) is 0.538. The van der Waals surface area contributed by atoms with Gasteiger partial charge in [-0.3, -0.25) is 4.79 Å². The summed E-state index contributed by atoms with van der Waals surface area (Å²) in [5, 5.41) is 14.8. The standard InChI is InChI=1S/C17H25FN2O3/c18-13-7-8-15(16(11-13)23-10-9-21)19-12-17(22)20-14-5-3-1-2-4-6-14/h7-8,11,14,19,21H,1-6,9-10,12H2,(H,20,22). The molecule has 0 spiro atoms. The Balaban J connectivity index is 1.85. The molecule has 0 aromatic heterocycles. The molecule has 128 valence electrons. The van der Waals surface area contributed by atoms with Gasteiger partial charge in [-0.25, -0.2) is 4.39 Å². The number of ether oxygens (including phenoxy) is 1. The monoisotopic (exact) mass is 324 g/mol. The van der Waals surface area contributed by atoms with Gasteiger partial charge >= 0.3 is 0 Å². The van der Waals surface area contributed by atoms with Crippen molar-refractivity contribution in [2.45, 2.75) is 44.6 Å². The van der Waals surface area contributed by atoms with E-state index in [1.165, 1.54) is 31.0 Å². The molecular weight excluding hydrogens is 299 g/mol. The minimum absolute atomic E-state index is 0.0747. The zero-order valence-electron chi connectivity index (χ0n) is 13.3. The number of hydrogen-bond donors (Lipinski definition) is 3. The number of aliphatic hydroxyl groups excluding tert-OH is 1. The average Bonchev–Trinajstić information content (AvgIpc) is 2.80. The van der Waals surface area contributed by atoms with Crippen molar-refractivity contribution >= 4 is 11.6 Å². The van der Waals surface area contributed by atoms with Gasteiger partial charge < -0.3 is 20.5 Å². The number of amides is 1. The molecule has 0 atom stereocenters. The van der Waals surface area contributed by atoms with Crippen LogP contribution in [-0.4, -0.2) is 36.8 Å². The molecule has 2 rings (SSSR count). The first-order valence-corrected chi connectivity index (χ1v) is 8.25. The van der Waals surface area contributed by atoms with Crippen LogP contribution in [0.4, 0.5) is 10.1 Å². The van der Waals surface area contributed by atoms with E-state index in [0.29, 0.717) is 11.4 Å². The second kappa shape index (κ2) is 9.35. The number of halogens is 1. The van der Waals surface area contributed by atoms with Crippen molar-refractivity contribution in [2.75, 3.05) is 25.1 Å². The van der Waals surface area contributed by atoms with Crippen molar-refractivity contribution < 1.29 is 19.0 Å². The van der Waals surface area contributed by atoms with Gasteiger partial charge in [-0.05, 0) is 25.0 Å². The third kappa shape index (κ3) is 6.06. The summed E-state index contributed by atoms with van der Waals surface area (Å²) >= 11 is 0. The lowest BCUT2D eigenvalue weighted by atomic mass is 10.1. The molecule has 23 heavy (non-hydrogen) atoms. The lowest BCUT2D eigenvalue weighted by Crippen LogP contribution is -2.38. The number of aliphatic hydroxyl groups is 1. The van der Waals surface area contributed by atoms with Crippen LogP contribution in [0.1, 0.15) is 38.5 Å². The van der Waals surface area contributed by atoms with E-state index < -0.39 is 5.82 Å². The Hall–Kier alpha value is -1.82. The second-order valence-corrected chi connectivity index (χ2v) is 5.82. The first-order valence-electron chi connectivity index (χ1n) is 8.25. The highest BCUT2D eigenvalue weighted by Crippen LogP contribution is 2.25. The van der Waals surface area contributed by atoms with Gasteiger partial charge in [-0.15, -0.1) is 0 Å². The first kappa shape index (κ1) is 17.5. The highest BCUT2D eigenvalue weighted by Gasteiger charge is 2.15. The van der Waals surface area contributed by atoms with Crippen molar-refractivity contribution in [2.24, 2.45) is 0 Å². The highest BCUT2D eigenvalue weighted by atomic mass is 19.1. The number of rotatable bonds is 7. The van der Waals surface area contributed by atoms with Crippen LogP contribution >= 0.6 is 0 Å². The normalized spacial score (nSPS) is 15.7. The number of hydrogen-bond acceptors (Lipinski definition) is 4. The average molecular weight is 324 g/mol. The molecule has 1 aromatic rings. The summed E-state index contributed by atoms with van der Waals surface area (Å²) < 4.78 is 18.6. The zero-order valence-corrected chi connectivity index (χ0v) is 13.3. The van der Waals surface area contributed by atoms with Gasteiger partial charge in [0.1, 0.15) is 18.2 Å². The molecule has 0 heterocycles. The van der Waals surface area contributed by atoms with E-state index in [9.17, 15) is 9.18 Å². The van der Waals surface area contributed by atoms with Crippen molar-refractivity contribution in [3.63, 3.8) is 0 Å². The number of nitrogens with one attached hydrogen (secondary N) is 2. The Morgan fingerprint density at radius 3 is 2.70 bits per heavy atom. The Morgan fingerprint density at radius 2 is 2.00 bits per heavy atom. The van der Waals surface area contributed by atoms with Gasteiger partial charge in [0, 0.05) is 12.1 Å². The molecule has 1 saturated carbocycles. The lowest BCUT2D eigenvalue weighted by molar-refractivity contribution is -0.120. The molecule has 3 N–H and O–H groups in total. The maximum Gasteiger partial charge on any atom is 0.239 e. The number of anilines is 1. The van der Waals surface area contributed by atoms with Gasteiger partial charge in [0.05, 0.1) is 18.8 Å². The molecule has 1 aliphatic carbocycles. The van der Waals surface area contributed by atoms with Crippen LogP contribution in [0.3, 0.4) is 0 Å². The lowest BCUT2D eigenvalue weighted by Gasteiger charge is -2.17. The Bertz CT molecular complexity index is 503. The Morgan fingerprint density at radius 1 is 1.26 bits per heavy atom. The minimum atomic E-state index is -0.425. The fourth-order valence-corrected chi connectivity index (χ4v) is 2.80. The van der Waals surface area contributed by atoms with Gasteiger partial charge in [-0.2, -0.15) is 0 Å². The van der Waals surface area contributed by atoms with Crippen LogP contribution in [0.5, 0.6) is 5.75 Å². The summed E-state index contributed by atoms with van der Waals surface area (Å²) in [6, 6.07) is 4.32. The van der Waals surface area contributed by atoms with E-state index in [4.69, 9.17) is 9.84 Å². The van der Waals surface area contributed by atoms with Crippen LogP contribution in [-0.2, 0) is 4.79 Å². The molecule has 1 fully saturated rings. The maximum absolute atomic E-state index is 13.3. The molecule has 0 aliphatic heterocycles. The fraction of sp³-hybridized carbons (Fsp3) is 0.588. The second-order valence-electron chi connectivity index (χ2n) is 5.82. The SMILES string of the molecule is O=C(CNc1ccc(F)cc1OCCO)NC1CCCCCC1. The largest absolute Gasteiger partial charge is 0.489 e. The third-order valence-electron chi connectivity index (χ3n) is 3.95. The van der Waals surface area contributed by atoms with E-state index in [2.05, 4.69) is 10.6 Å². The van der Waals surface area contributed by atoms with Gasteiger partial charge in [-0.1, -0.05) is 25.7 Å². The topological polar surface area (TPSA) is 70.6 Å². The summed E-state index contributed by atoms with van der Waals surface area (Å²) in [5.74, 6) is -0.206. The molecule has 5 nitrogen and oxygen atoms in total. The van der Waals surface area contributed by atoms with E-state index in [1.807, 2.05) is 0 Å². The van der Waals surface area contributed by atoms with Crippen LogP contribution in [0.15, 0.2) is 18.2 Å². The van der Waals surface area contributed by atoms with E-state index in [0.717, 1.165) is 25.7 Å². The Labute approximate surface area is 136 Å². The van der Waals surface area contributed by atoms with Crippen LogP contribution in [0.2, 0.25) is 0 Å². The highest BCUT2D eigenvalue weighted by molar-refractivity contribution is 5.81. The summed E-state index contributed by atoms with van der Waals surface area (Å²) in [6.07, 6.45) is 6.88. The zero-order chi connectivity index (χ0) is 16.5. The van der Waals surface area contributed by atoms with E-state index in [-0.39, 0.29) is 31.7 Å². The third-order valence-corrected chi connectivity index (χ3v) is 3.95. The molecule has 0 radical (unpaired) electrons. The van der Waals surface area contributed by atoms with Crippen molar-refractivity contribution in [1.29, 1.82) is 0 Å². The first-order chi connectivity index (χ1) is 11.2. The van der Waals surface area contributed by atoms with Crippen molar-refractivity contribution in [3.05, 3.63) is 24.0 Å². The van der Waals surface area contributed by atoms with Crippen LogP contribution < -0.4 is 15.4 Å². The number of carbonyl (C=O) groups is 1. The quantitative estimate of drug-likeness (QED) is 0.674. The number of benzene rings is 1. The molecule has 6 heteroatoms. The summed E-state index contributed by atoms with van der Waals surface area (Å²) in [4.78, 5) is 12.1. The number of carbonyl (C=O) groups excluding carboxylic acids is 1. The molecule has 1 amide bonds. The van der Waals surface area contributed by atoms with Gasteiger partial charge in [0.15, 0.2) is 0 Å². The molecule has 1 aromatic carbocycles. The van der Waals surface area contributed by atoms with Crippen LogP contribution in [0, 0.1) is 5.82 Å². The Kier molecular flexibility index (Phi) is 7.13. The minimum Gasteiger partial charge on any atom is -0.489 e. The molecule has 0 unspecified atom stereocenters. The smallest absolute Gasteiger partial charge is 0.239 e. The van der Waals surface area contributed by atoms with Crippen molar-refractivity contribution in [1.82, 2.24) is 5.32 Å². The van der Waals surface area contributed by atoms with Crippen LogP contribution in [0.25, 0.3) is 0 Å². The van der Waals surface area contributed by atoms with Crippen molar-refractivity contribution in [3.8, 4) is 5.75 Å². The fourth-order valence-electron chi connectivity index (χ4n) is 2.80. The molecule has 0 bridgehead atoms. The summed E-state index contributed by atoms with van der Waals surface area (Å²) in [6.45, 7) is 0.0299. The van der Waals surface area contributed by atoms with E-state index in [1.54, 1.807) is 0 Å². The van der Waals surface area contributed by atoms with E-state index >= 15 is 0 Å². The van der Waals surface area contributed by atoms with Gasteiger partial charge in [0.25, 0.3) is 0 Å². The summed E-state index contributed by atoms with van der Waals surface area (Å²) in [7, 11) is 0. The molecular formula is C17H25FN2O3. The van der Waals surface area contributed by atoms with Gasteiger partial charge in [0.2, 0.25) is 5.91 Å². The molecule has 1 aliphatic rings. The predicted molar refractivity (Wildman–Crippen MR) is 87.1 cm³/mol. The maximum atomic E-state index is 13.3.